The highest BCUT2D eigenvalue weighted by molar-refractivity contribution is 6.07. The largest absolute Gasteiger partial charge is 0.484 e. The first-order valence-electron chi connectivity index (χ1n) is 10.7. The van der Waals surface area contributed by atoms with Crippen molar-refractivity contribution in [2.75, 3.05) is 6.61 Å². The number of benzene rings is 1. The maximum atomic E-state index is 12.9. The molecule has 1 N–H and O–H groups in total. The van der Waals surface area contributed by atoms with Crippen molar-refractivity contribution >= 4 is 17.7 Å². The van der Waals surface area contributed by atoms with E-state index in [9.17, 15) is 14.4 Å². The maximum absolute atomic E-state index is 12.9. The SMILES string of the molecule is CC(C)=C1[C@H]2CC[C@H]1[C@@H]1C(=O)N(NC(=O)COc3ccc(C(C)(C)C)cc3)C(=O)[C@H]12. The van der Waals surface area contributed by atoms with Gasteiger partial charge >= 0.3 is 0 Å². The lowest BCUT2D eigenvalue weighted by Gasteiger charge is -2.20. The zero-order valence-corrected chi connectivity index (χ0v) is 18.3. The van der Waals surface area contributed by atoms with Gasteiger partial charge in [0.1, 0.15) is 5.75 Å². The Morgan fingerprint density at radius 3 is 2.03 bits per heavy atom. The fraction of sp³-hybridized carbons (Fsp3) is 0.542. The van der Waals surface area contributed by atoms with Gasteiger partial charge in [0, 0.05) is 0 Å². The Morgan fingerprint density at radius 1 is 1.03 bits per heavy atom. The fourth-order valence-electron chi connectivity index (χ4n) is 5.46. The molecule has 0 unspecified atom stereocenters. The molecular weight excluding hydrogens is 380 g/mol. The van der Waals surface area contributed by atoms with E-state index in [1.807, 2.05) is 24.3 Å². The summed E-state index contributed by atoms with van der Waals surface area (Å²) in [6, 6.07) is 7.59. The second-order valence-corrected chi connectivity index (χ2v) is 9.91. The summed E-state index contributed by atoms with van der Waals surface area (Å²) in [4.78, 5) is 38.2. The van der Waals surface area contributed by atoms with Crippen molar-refractivity contribution in [2.24, 2.45) is 23.7 Å². The van der Waals surface area contributed by atoms with Gasteiger partial charge in [0.05, 0.1) is 11.8 Å². The minimum Gasteiger partial charge on any atom is -0.484 e. The average Bonchev–Trinajstić information content (AvgIpc) is 3.32. The molecule has 30 heavy (non-hydrogen) atoms. The third-order valence-electron chi connectivity index (χ3n) is 6.76. The highest BCUT2D eigenvalue weighted by Crippen LogP contribution is 2.59. The van der Waals surface area contributed by atoms with E-state index in [4.69, 9.17) is 4.74 Å². The predicted molar refractivity (Wildman–Crippen MR) is 112 cm³/mol. The van der Waals surface area contributed by atoms with E-state index < -0.39 is 5.91 Å². The number of fused-ring (bicyclic) bond motifs is 5. The summed E-state index contributed by atoms with van der Waals surface area (Å²) in [5, 5.41) is 0.941. The number of nitrogens with one attached hydrogen (secondary N) is 1. The van der Waals surface area contributed by atoms with Crippen molar-refractivity contribution in [3.63, 3.8) is 0 Å². The number of amides is 3. The molecule has 0 radical (unpaired) electrons. The molecule has 3 aliphatic rings. The summed E-state index contributed by atoms with van der Waals surface area (Å²) in [7, 11) is 0. The number of hydrogen-bond donors (Lipinski definition) is 1. The monoisotopic (exact) mass is 410 g/mol. The molecule has 4 atom stereocenters. The van der Waals surface area contributed by atoms with E-state index in [1.54, 1.807) is 0 Å². The second kappa shape index (κ2) is 7.25. The number of allylic oxidation sites excluding steroid dienone is 2. The molecule has 1 aromatic carbocycles. The Bertz CT molecular complexity index is 890. The molecule has 0 spiro atoms. The zero-order chi connectivity index (χ0) is 21.8. The summed E-state index contributed by atoms with van der Waals surface area (Å²) in [5.74, 6) is -0.870. The number of nitrogens with zero attached hydrogens (tertiary/aromatic N) is 1. The van der Waals surface area contributed by atoms with E-state index in [0.29, 0.717) is 5.75 Å². The van der Waals surface area contributed by atoms with Crippen molar-refractivity contribution in [1.82, 2.24) is 10.4 Å². The van der Waals surface area contributed by atoms with Crippen LogP contribution < -0.4 is 10.2 Å². The van der Waals surface area contributed by atoms with Gasteiger partial charge in [-0.2, -0.15) is 5.01 Å². The van der Waals surface area contributed by atoms with Crippen LogP contribution in [0, 0.1) is 23.7 Å². The number of carbonyl (C=O) groups is 3. The smallest absolute Gasteiger partial charge is 0.276 e. The number of ether oxygens (including phenoxy) is 1. The molecule has 2 saturated carbocycles. The van der Waals surface area contributed by atoms with E-state index in [2.05, 4.69) is 40.0 Å². The second-order valence-electron chi connectivity index (χ2n) is 9.91. The Hall–Kier alpha value is -2.63. The van der Waals surface area contributed by atoms with E-state index in [-0.39, 0.29) is 47.5 Å². The maximum Gasteiger partial charge on any atom is 0.276 e. The van der Waals surface area contributed by atoms with Gasteiger partial charge in [0.15, 0.2) is 6.61 Å². The van der Waals surface area contributed by atoms with Gasteiger partial charge in [-0.1, -0.05) is 44.1 Å². The minimum absolute atomic E-state index is 0.0369. The lowest BCUT2D eigenvalue weighted by atomic mass is 9.81. The molecule has 2 aliphatic carbocycles. The van der Waals surface area contributed by atoms with Gasteiger partial charge < -0.3 is 4.74 Å². The van der Waals surface area contributed by atoms with Crippen LogP contribution in [0.25, 0.3) is 0 Å². The molecule has 160 valence electrons. The van der Waals surface area contributed by atoms with Crippen molar-refractivity contribution in [3.8, 4) is 5.75 Å². The summed E-state index contributed by atoms with van der Waals surface area (Å²) in [6.45, 7) is 10.2. The van der Waals surface area contributed by atoms with Gasteiger partial charge in [-0.05, 0) is 61.6 Å². The van der Waals surface area contributed by atoms with E-state index >= 15 is 0 Å². The number of rotatable bonds is 4. The fourth-order valence-corrected chi connectivity index (χ4v) is 5.46. The van der Waals surface area contributed by atoms with Gasteiger partial charge in [-0.25, -0.2) is 0 Å². The van der Waals surface area contributed by atoms with Crippen molar-refractivity contribution in [1.29, 1.82) is 0 Å². The average molecular weight is 411 g/mol. The number of imide groups is 1. The third-order valence-corrected chi connectivity index (χ3v) is 6.76. The predicted octanol–water partition coefficient (Wildman–Crippen LogP) is 3.37. The van der Waals surface area contributed by atoms with Crippen LogP contribution in [-0.4, -0.2) is 29.3 Å². The Kier molecular flexibility index (Phi) is 4.99. The van der Waals surface area contributed by atoms with Crippen LogP contribution in [0.1, 0.15) is 53.0 Å². The Morgan fingerprint density at radius 2 is 1.57 bits per heavy atom. The Balaban J connectivity index is 1.38. The molecule has 1 heterocycles. The molecule has 2 bridgehead atoms. The van der Waals surface area contributed by atoms with Gasteiger partial charge in [-0.3, -0.25) is 19.8 Å². The van der Waals surface area contributed by atoms with Crippen LogP contribution in [0.15, 0.2) is 35.4 Å². The van der Waals surface area contributed by atoms with Crippen molar-refractivity contribution in [3.05, 3.63) is 41.0 Å². The molecule has 1 aromatic rings. The lowest BCUT2D eigenvalue weighted by Crippen LogP contribution is -2.49. The highest BCUT2D eigenvalue weighted by atomic mass is 16.5. The third kappa shape index (κ3) is 3.32. The van der Waals surface area contributed by atoms with E-state index in [0.717, 1.165) is 17.9 Å². The first-order valence-corrected chi connectivity index (χ1v) is 10.7. The first-order chi connectivity index (χ1) is 14.1. The van der Waals surface area contributed by atoms with Crippen LogP contribution in [-0.2, 0) is 19.8 Å². The normalized spacial score (nSPS) is 27.5. The molecule has 0 aromatic heterocycles. The first kappa shape index (κ1) is 20.6. The molecule has 3 amide bonds. The standard InChI is InChI=1S/C24H30N2O4/c1-13(2)19-16-10-11-17(19)21-20(16)22(28)26(23(21)29)25-18(27)12-30-15-8-6-14(7-9-15)24(3,4)5/h6-9,16-17,20-21H,10-12H2,1-5H3,(H,25,27)/t16-,17-,20+,21+/m1/s1. The summed E-state index contributed by atoms with van der Waals surface area (Å²) >= 11 is 0. The molecular formula is C24H30N2O4. The summed E-state index contributed by atoms with van der Waals surface area (Å²) in [6.07, 6.45) is 1.89. The van der Waals surface area contributed by atoms with Gasteiger partial charge in [0.25, 0.3) is 17.7 Å². The number of carbonyl (C=O) groups excluding carboxylic acids is 3. The minimum atomic E-state index is -0.508. The molecule has 6 nitrogen and oxygen atoms in total. The molecule has 4 rings (SSSR count). The van der Waals surface area contributed by atoms with Crippen LogP contribution >= 0.6 is 0 Å². The highest BCUT2D eigenvalue weighted by Gasteiger charge is 2.63. The molecule has 3 fully saturated rings. The molecule has 6 heteroatoms. The molecule has 1 saturated heterocycles. The lowest BCUT2D eigenvalue weighted by molar-refractivity contribution is -0.150. The van der Waals surface area contributed by atoms with Crippen LogP contribution in [0.3, 0.4) is 0 Å². The number of hydrazine groups is 1. The van der Waals surface area contributed by atoms with Crippen molar-refractivity contribution in [2.45, 2.75) is 52.9 Å². The topological polar surface area (TPSA) is 75.7 Å². The van der Waals surface area contributed by atoms with Crippen molar-refractivity contribution < 1.29 is 19.1 Å². The number of hydrogen-bond acceptors (Lipinski definition) is 4. The van der Waals surface area contributed by atoms with E-state index in [1.165, 1.54) is 16.7 Å². The van der Waals surface area contributed by atoms with Crippen LogP contribution in [0.4, 0.5) is 0 Å². The molecule has 1 aliphatic heterocycles. The summed E-state index contributed by atoms with van der Waals surface area (Å²) in [5.41, 5.74) is 6.20. The van der Waals surface area contributed by atoms with Crippen LogP contribution in [0.5, 0.6) is 5.75 Å². The van der Waals surface area contributed by atoms with Gasteiger partial charge in [0.2, 0.25) is 0 Å². The Labute approximate surface area is 177 Å². The van der Waals surface area contributed by atoms with Crippen LogP contribution in [0.2, 0.25) is 0 Å². The van der Waals surface area contributed by atoms with Gasteiger partial charge in [-0.15, -0.1) is 0 Å². The zero-order valence-electron chi connectivity index (χ0n) is 18.3. The quantitative estimate of drug-likeness (QED) is 0.610. The summed E-state index contributed by atoms with van der Waals surface area (Å²) < 4.78 is 5.54.